The number of hydrogen-bond donors (Lipinski definition) is 1. The highest BCUT2D eigenvalue weighted by Gasteiger charge is 2.25. The maximum Gasteiger partial charge on any atom is 0.265 e. The van der Waals surface area contributed by atoms with Crippen molar-refractivity contribution in [3.63, 3.8) is 0 Å². The van der Waals surface area contributed by atoms with Crippen LogP contribution in [-0.4, -0.2) is 35.6 Å². The minimum absolute atomic E-state index is 0.0618. The number of pyridine rings is 1. The maximum atomic E-state index is 13.4. The zero-order valence-electron chi connectivity index (χ0n) is 18.3. The number of aromatic nitrogens is 2. The first-order valence-corrected chi connectivity index (χ1v) is 10.8. The van der Waals surface area contributed by atoms with E-state index < -0.39 is 5.91 Å². The Balaban J connectivity index is 1.75. The summed E-state index contributed by atoms with van der Waals surface area (Å²) in [5.41, 5.74) is 3.31. The van der Waals surface area contributed by atoms with E-state index in [1.54, 1.807) is 36.5 Å². The van der Waals surface area contributed by atoms with E-state index >= 15 is 0 Å². The molecular formula is C25H19Cl2N3O4. The minimum atomic E-state index is -0.453. The number of rotatable bonds is 6. The lowest BCUT2D eigenvalue weighted by molar-refractivity contribution is -0.111. The molecule has 1 amide bonds. The molecule has 9 heteroatoms. The lowest BCUT2D eigenvalue weighted by Gasteiger charge is -2.14. The molecule has 1 N–H and O–H groups in total. The number of ether oxygens (including phenoxy) is 2. The summed E-state index contributed by atoms with van der Waals surface area (Å²) < 4.78 is 12.0. The summed E-state index contributed by atoms with van der Waals surface area (Å²) in [6.07, 6.45) is 2.80. The number of nitrogens with one attached hydrogen (secondary N) is 1. The lowest BCUT2D eigenvalue weighted by Crippen LogP contribution is -2.13. The van der Waals surface area contributed by atoms with Gasteiger partial charge in [0.2, 0.25) is 5.91 Å². The van der Waals surface area contributed by atoms with E-state index in [0.29, 0.717) is 22.4 Å². The lowest BCUT2D eigenvalue weighted by atomic mass is 10.1. The SMILES string of the molecule is C=CC(=O)Nc1cccc(-c2ccc3c(ccn3C(=O)c3c(Cl)c(OC)cc(OC)c3Cl)n2)c1. The number of amides is 1. The average Bonchev–Trinajstić information content (AvgIpc) is 3.27. The fraction of sp³-hybridized carbons (Fsp3) is 0.0800. The van der Waals surface area contributed by atoms with Crippen molar-refractivity contribution in [2.75, 3.05) is 19.5 Å². The molecule has 4 aromatic rings. The Morgan fingerprint density at radius 3 is 2.38 bits per heavy atom. The van der Waals surface area contributed by atoms with Crippen LogP contribution in [0.15, 0.2) is 67.4 Å². The first-order valence-electron chi connectivity index (χ1n) is 10.0. The zero-order valence-corrected chi connectivity index (χ0v) is 19.8. The van der Waals surface area contributed by atoms with Crippen molar-refractivity contribution >= 4 is 51.7 Å². The molecule has 2 aromatic carbocycles. The molecule has 0 aliphatic carbocycles. The molecule has 2 aromatic heterocycles. The summed E-state index contributed by atoms with van der Waals surface area (Å²) in [5, 5.41) is 2.90. The Hall–Kier alpha value is -3.81. The van der Waals surface area contributed by atoms with E-state index in [9.17, 15) is 9.59 Å². The fourth-order valence-electron chi connectivity index (χ4n) is 3.50. The molecule has 0 aliphatic rings. The monoisotopic (exact) mass is 495 g/mol. The van der Waals surface area contributed by atoms with Crippen LogP contribution in [0.1, 0.15) is 10.4 Å². The fourth-order valence-corrected chi connectivity index (χ4v) is 4.16. The van der Waals surface area contributed by atoms with Gasteiger partial charge in [-0.1, -0.05) is 41.9 Å². The third kappa shape index (κ3) is 4.23. The van der Waals surface area contributed by atoms with Crippen LogP contribution in [0.5, 0.6) is 11.5 Å². The van der Waals surface area contributed by atoms with Crippen LogP contribution in [0.25, 0.3) is 22.3 Å². The molecule has 0 atom stereocenters. The van der Waals surface area contributed by atoms with Crippen molar-refractivity contribution in [3.05, 3.63) is 83.0 Å². The van der Waals surface area contributed by atoms with Gasteiger partial charge in [0.25, 0.3) is 5.91 Å². The van der Waals surface area contributed by atoms with Gasteiger partial charge in [0.1, 0.15) is 11.5 Å². The Morgan fingerprint density at radius 1 is 1.03 bits per heavy atom. The Kier molecular flexibility index (Phi) is 6.58. The number of nitrogens with zero attached hydrogens (tertiary/aromatic N) is 2. The summed E-state index contributed by atoms with van der Waals surface area (Å²) in [7, 11) is 2.88. The number of anilines is 1. The largest absolute Gasteiger partial charge is 0.495 e. The van der Waals surface area contributed by atoms with Crippen molar-refractivity contribution < 1.29 is 19.1 Å². The first kappa shape index (κ1) is 23.4. The molecule has 0 fully saturated rings. The van der Waals surface area contributed by atoms with E-state index in [1.807, 2.05) is 12.1 Å². The van der Waals surface area contributed by atoms with Gasteiger partial charge in [0, 0.05) is 23.5 Å². The standard InChI is InChI=1S/C25H19Cl2N3O4/c1-4-21(31)28-15-7-5-6-14(12-15)16-8-9-18-17(29-16)10-11-30(18)25(32)22-23(26)19(33-2)13-20(34-3)24(22)27/h4-13H,1H2,2-3H3,(H,28,31). The molecule has 0 spiro atoms. The smallest absolute Gasteiger partial charge is 0.265 e. The number of carbonyl (C=O) groups excluding carboxylic acids is 2. The highest BCUT2D eigenvalue weighted by Crippen LogP contribution is 2.41. The molecule has 0 saturated heterocycles. The molecule has 34 heavy (non-hydrogen) atoms. The Morgan fingerprint density at radius 2 is 1.74 bits per heavy atom. The summed E-state index contributed by atoms with van der Waals surface area (Å²) >= 11 is 12.8. The van der Waals surface area contributed by atoms with Gasteiger partial charge >= 0.3 is 0 Å². The van der Waals surface area contributed by atoms with Crippen LogP contribution in [0.4, 0.5) is 5.69 Å². The first-order chi connectivity index (χ1) is 16.4. The Labute approximate surface area is 205 Å². The predicted molar refractivity (Wildman–Crippen MR) is 133 cm³/mol. The third-order valence-corrected chi connectivity index (χ3v) is 5.91. The summed E-state index contributed by atoms with van der Waals surface area (Å²) in [6, 6.07) is 14.1. The van der Waals surface area contributed by atoms with E-state index in [4.69, 9.17) is 32.7 Å². The number of benzene rings is 2. The van der Waals surface area contributed by atoms with E-state index in [2.05, 4.69) is 16.9 Å². The molecular weight excluding hydrogens is 477 g/mol. The second-order valence-corrected chi connectivity index (χ2v) is 7.91. The van der Waals surface area contributed by atoms with Crippen molar-refractivity contribution in [2.45, 2.75) is 0 Å². The highest BCUT2D eigenvalue weighted by molar-refractivity contribution is 6.41. The van der Waals surface area contributed by atoms with Crippen LogP contribution < -0.4 is 14.8 Å². The number of carbonyl (C=O) groups is 2. The highest BCUT2D eigenvalue weighted by atomic mass is 35.5. The van der Waals surface area contributed by atoms with Crippen LogP contribution in [0, 0.1) is 0 Å². The van der Waals surface area contributed by atoms with Crippen molar-refractivity contribution in [1.82, 2.24) is 9.55 Å². The molecule has 2 heterocycles. The summed E-state index contributed by atoms with van der Waals surface area (Å²) in [5.74, 6) is -0.216. The number of halogens is 2. The van der Waals surface area contributed by atoms with Crippen molar-refractivity contribution in [2.24, 2.45) is 0 Å². The van der Waals surface area contributed by atoms with Gasteiger partial charge in [-0.2, -0.15) is 0 Å². The predicted octanol–water partition coefficient (Wildman–Crippen LogP) is 5.84. The quantitative estimate of drug-likeness (QED) is 0.339. The molecule has 0 saturated carbocycles. The van der Waals surface area contributed by atoms with Gasteiger partial charge < -0.3 is 14.8 Å². The second-order valence-electron chi connectivity index (χ2n) is 7.15. The van der Waals surface area contributed by atoms with Gasteiger partial charge in [-0.25, -0.2) is 4.98 Å². The third-order valence-electron chi connectivity index (χ3n) is 5.16. The molecule has 0 bridgehead atoms. The number of fused-ring (bicyclic) bond motifs is 1. The molecule has 0 radical (unpaired) electrons. The molecule has 7 nitrogen and oxygen atoms in total. The minimum Gasteiger partial charge on any atom is -0.495 e. The van der Waals surface area contributed by atoms with E-state index in [1.165, 1.54) is 30.9 Å². The number of methoxy groups -OCH3 is 2. The van der Waals surface area contributed by atoms with Crippen LogP contribution >= 0.6 is 23.2 Å². The topological polar surface area (TPSA) is 82.5 Å². The molecule has 0 aliphatic heterocycles. The average molecular weight is 496 g/mol. The van der Waals surface area contributed by atoms with Gasteiger partial charge in [0.05, 0.1) is 46.6 Å². The number of hydrogen-bond acceptors (Lipinski definition) is 5. The molecule has 4 rings (SSSR count). The summed E-state index contributed by atoms with van der Waals surface area (Å²) in [6.45, 7) is 3.46. The van der Waals surface area contributed by atoms with Gasteiger partial charge in [-0.05, 0) is 36.4 Å². The second kappa shape index (κ2) is 9.59. The van der Waals surface area contributed by atoms with Crippen molar-refractivity contribution in [1.29, 1.82) is 0 Å². The van der Waals surface area contributed by atoms with Crippen LogP contribution in [0.3, 0.4) is 0 Å². The van der Waals surface area contributed by atoms with Gasteiger partial charge in [-0.3, -0.25) is 14.2 Å². The van der Waals surface area contributed by atoms with E-state index in [-0.39, 0.29) is 33.0 Å². The Bertz CT molecular complexity index is 1420. The summed E-state index contributed by atoms with van der Waals surface area (Å²) in [4.78, 5) is 29.7. The normalized spacial score (nSPS) is 10.7. The van der Waals surface area contributed by atoms with Crippen molar-refractivity contribution in [3.8, 4) is 22.8 Å². The maximum absolute atomic E-state index is 13.4. The van der Waals surface area contributed by atoms with Crippen LogP contribution in [-0.2, 0) is 4.79 Å². The molecule has 172 valence electrons. The van der Waals surface area contributed by atoms with Gasteiger partial charge in [-0.15, -0.1) is 0 Å². The van der Waals surface area contributed by atoms with Crippen LogP contribution in [0.2, 0.25) is 10.0 Å². The zero-order chi connectivity index (χ0) is 24.4. The molecule has 0 unspecified atom stereocenters. The van der Waals surface area contributed by atoms with E-state index in [0.717, 1.165) is 5.56 Å². The van der Waals surface area contributed by atoms with Gasteiger partial charge in [0.15, 0.2) is 0 Å².